The van der Waals surface area contributed by atoms with E-state index >= 15 is 0 Å². The summed E-state index contributed by atoms with van der Waals surface area (Å²) in [6.45, 7) is 3.14. The number of aliphatic imine (C=N–C) groups is 1. The summed E-state index contributed by atoms with van der Waals surface area (Å²) in [6, 6.07) is 0. The van der Waals surface area contributed by atoms with Gasteiger partial charge in [0.15, 0.2) is 0 Å². The van der Waals surface area contributed by atoms with Crippen LogP contribution in [0.1, 0.15) is 19.8 Å². The van der Waals surface area contributed by atoms with Gasteiger partial charge in [-0.2, -0.15) is 0 Å². The van der Waals surface area contributed by atoms with E-state index in [2.05, 4.69) is 16.8 Å². The fraction of sp³-hybridized carbons (Fsp3) is 0.545. The van der Waals surface area contributed by atoms with Crippen LogP contribution < -0.4 is 5.73 Å². The molecule has 1 unspecified atom stereocenters. The lowest BCUT2D eigenvalue weighted by molar-refractivity contribution is 0.274. The summed E-state index contributed by atoms with van der Waals surface area (Å²) < 4.78 is 0. The Kier molecular flexibility index (Phi) is 4.37. The third-order valence-corrected chi connectivity index (χ3v) is 2.32. The zero-order valence-corrected chi connectivity index (χ0v) is 9.35. The van der Waals surface area contributed by atoms with E-state index in [0.29, 0.717) is 0 Å². The Bertz CT molecular complexity index is 294. The van der Waals surface area contributed by atoms with Crippen molar-refractivity contribution in [3.8, 4) is 0 Å². The maximum absolute atomic E-state index is 9.71. The van der Waals surface area contributed by atoms with Crippen LogP contribution in [0.25, 0.3) is 0 Å². The minimum atomic E-state index is -0.765. The van der Waals surface area contributed by atoms with Crippen LogP contribution in [0, 0.1) is 0 Å². The lowest BCUT2D eigenvalue weighted by Gasteiger charge is -2.19. The van der Waals surface area contributed by atoms with Crippen LogP contribution in [0.3, 0.4) is 0 Å². The molecule has 0 aromatic heterocycles. The number of unbranched alkanes of at least 4 members (excludes halogenated alkanes) is 1. The molecule has 1 aliphatic heterocycles. The molecule has 0 saturated heterocycles. The number of rotatable bonds is 4. The Hall–Kier alpha value is -1.29. The molecule has 4 nitrogen and oxygen atoms in total. The van der Waals surface area contributed by atoms with Gasteiger partial charge in [0.2, 0.25) is 0 Å². The Morgan fingerprint density at radius 3 is 3.07 bits per heavy atom. The van der Waals surface area contributed by atoms with Gasteiger partial charge < -0.3 is 15.7 Å². The Morgan fingerprint density at radius 2 is 2.40 bits per heavy atom. The monoisotopic (exact) mass is 209 g/mol. The van der Waals surface area contributed by atoms with Crippen molar-refractivity contribution in [2.24, 2.45) is 10.7 Å². The normalized spacial score (nSPS) is 23.0. The van der Waals surface area contributed by atoms with Crippen molar-refractivity contribution in [1.82, 2.24) is 4.90 Å². The number of hydrogen-bond acceptors (Lipinski definition) is 4. The average Bonchev–Trinajstić information content (AvgIpc) is 2.22. The van der Waals surface area contributed by atoms with Gasteiger partial charge in [-0.25, -0.2) is 4.99 Å². The van der Waals surface area contributed by atoms with E-state index < -0.39 is 6.10 Å². The minimum Gasteiger partial charge on any atom is -0.385 e. The van der Waals surface area contributed by atoms with Gasteiger partial charge in [-0.05, 0) is 12.5 Å². The summed E-state index contributed by atoms with van der Waals surface area (Å²) in [6.07, 6.45) is 6.85. The van der Waals surface area contributed by atoms with E-state index in [1.807, 2.05) is 13.2 Å². The first-order valence-corrected chi connectivity index (χ1v) is 5.25. The van der Waals surface area contributed by atoms with Crippen molar-refractivity contribution in [2.45, 2.75) is 25.9 Å². The zero-order chi connectivity index (χ0) is 11.3. The van der Waals surface area contributed by atoms with Crippen LogP contribution in [0.5, 0.6) is 0 Å². The Morgan fingerprint density at radius 1 is 1.67 bits per heavy atom. The van der Waals surface area contributed by atoms with Crippen LogP contribution in [0.2, 0.25) is 0 Å². The van der Waals surface area contributed by atoms with E-state index in [9.17, 15) is 5.11 Å². The maximum atomic E-state index is 9.71. The molecule has 1 rings (SSSR count). The molecule has 1 aliphatic rings. The summed E-state index contributed by atoms with van der Waals surface area (Å²) in [7, 11) is 1.99. The van der Waals surface area contributed by atoms with Crippen molar-refractivity contribution in [2.75, 3.05) is 13.6 Å². The minimum absolute atomic E-state index is 0.257. The third kappa shape index (κ3) is 3.40. The predicted molar refractivity (Wildman–Crippen MR) is 62.4 cm³/mol. The largest absolute Gasteiger partial charge is 0.385 e. The van der Waals surface area contributed by atoms with Gasteiger partial charge in [0.1, 0.15) is 11.9 Å². The number of aliphatic hydroxyl groups excluding tert-OH is 1. The molecular weight excluding hydrogens is 190 g/mol. The lowest BCUT2D eigenvalue weighted by atomic mass is 10.1. The molecule has 1 heterocycles. The van der Waals surface area contributed by atoms with E-state index in [1.54, 1.807) is 12.3 Å². The molecule has 0 bridgehead atoms. The summed E-state index contributed by atoms with van der Waals surface area (Å²) in [5.74, 6) is 0.257. The van der Waals surface area contributed by atoms with Crippen molar-refractivity contribution in [3.05, 3.63) is 24.0 Å². The zero-order valence-electron chi connectivity index (χ0n) is 9.35. The number of amidine groups is 1. The first-order valence-electron chi connectivity index (χ1n) is 5.25. The number of nitrogens with zero attached hydrogens (tertiary/aromatic N) is 2. The second-order valence-corrected chi connectivity index (χ2v) is 3.74. The molecule has 15 heavy (non-hydrogen) atoms. The van der Waals surface area contributed by atoms with Crippen LogP contribution in [0.4, 0.5) is 0 Å². The molecular formula is C11H19N3O. The summed E-state index contributed by atoms with van der Waals surface area (Å²) in [4.78, 5) is 5.90. The molecule has 4 heteroatoms. The highest BCUT2D eigenvalue weighted by molar-refractivity contribution is 5.89. The first kappa shape index (κ1) is 11.8. The molecule has 3 N–H and O–H groups in total. The topological polar surface area (TPSA) is 61.8 Å². The highest BCUT2D eigenvalue weighted by Gasteiger charge is 2.15. The van der Waals surface area contributed by atoms with Crippen LogP contribution in [0.15, 0.2) is 29.0 Å². The van der Waals surface area contributed by atoms with Crippen LogP contribution in [-0.4, -0.2) is 35.5 Å². The molecule has 0 aromatic rings. The molecule has 0 aliphatic carbocycles. The highest BCUT2D eigenvalue weighted by Crippen LogP contribution is 2.11. The van der Waals surface area contributed by atoms with Crippen LogP contribution in [-0.2, 0) is 0 Å². The number of aliphatic hydroxyl groups is 1. The summed E-state index contributed by atoms with van der Waals surface area (Å²) in [5, 5.41) is 9.71. The van der Waals surface area contributed by atoms with Gasteiger partial charge in [0, 0.05) is 31.6 Å². The third-order valence-electron chi connectivity index (χ3n) is 2.32. The van der Waals surface area contributed by atoms with Gasteiger partial charge in [0.05, 0.1) is 0 Å². The van der Waals surface area contributed by atoms with Gasteiger partial charge >= 0.3 is 0 Å². The van der Waals surface area contributed by atoms with Crippen LogP contribution >= 0.6 is 0 Å². The Balaban J connectivity index is 2.60. The van der Waals surface area contributed by atoms with Gasteiger partial charge in [-0.3, -0.25) is 0 Å². The Labute approximate surface area is 90.8 Å². The van der Waals surface area contributed by atoms with Gasteiger partial charge in [0.25, 0.3) is 0 Å². The molecule has 0 saturated carbocycles. The second kappa shape index (κ2) is 5.56. The van der Waals surface area contributed by atoms with E-state index in [4.69, 9.17) is 5.73 Å². The fourth-order valence-corrected chi connectivity index (χ4v) is 1.38. The second-order valence-electron chi connectivity index (χ2n) is 3.74. The standard InChI is InChI=1S/C11H19N3O/c1-3-4-7-14(2)8-9-5-6-13-11(12)10(9)15/h5-6,8,10,15H,3-4,7H2,1-2H3,(H2,12,13). The smallest absolute Gasteiger partial charge is 0.137 e. The van der Waals surface area contributed by atoms with Gasteiger partial charge in [-0.1, -0.05) is 13.3 Å². The average molecular weight is 209 g/mol. The van der Waals surface area contributed by atoms with E-state index in [0.717, 1.165) is 25.0 Å². The SMILES string of the molecule is CCCCN(C)C=C1C=CN=C(N)C1O. The molecule has 84 valence electrons. The highest BCUT2D eigenvalue weighted by atomic mass is 16.3. The van der Waals surface area contributed by atoms with Crippen molar-refractivity contribution in [3.63, 3.8) is 0 Å². The van der Waals surface area contributed by atoms with Crippen molar-refractivity contribution in [1.29, 1.82) is 0 Å². The first-order chi connectivity index (χ1) is 7.15. The molecule has 0 aromatic carbocycles. The molecule has 0 amide bonds. The fourth-order valence-electron chi connectivity index (χ4n) is 1.38. The summed E-state index contributed by atoms with van der Waals surface area (Å²) >= 11 is 0. The number of hydrogen-bond donors (Lipinski definition) is 2. The molecule has 0 radical (unpaired) electrons. The molecule has 0 fully saturated rings. The molecule has 0 spiro atoms. The van der Waals surface area contributed by atoms with Gasteiger partial charge in [-0.15, -0.1) is 0 Å². The van der Waals surface area contributed by atoms with E-state index in [1.165, 1.54) is 0 Å². The summed E-state index contributed by atoms with van der Waals surface area (Å²) in [5.41, 5.74) is 6.33. The van der Waals surface area contributed by atoms with Crippen molar-refractivity contribution >= 4 is 5.84 Å². The van der Waals surface area contributed by atoms with E-state index in [-0.39, 0.29) is 5.84 Å². The lowest BCUT2D eigenvalue weighted by Crippen LogP contribution is -2.32. The maximum Gasteiger partial charge on any atom is 0.137 e. The quantitative estimate of drug-likeness (QED) is 0.721. The van der Waals surface area contributed by atoms with Crippen molar-refractivity contribution < 1.29 is 5.11 Å². The predicted octanol–water partition coefficient (Wildman–Crippen LogP) is 0.848. The number of nitrogens with two attached hydrogens (primary N) is 1. The molecule has 1 atom stereocenters.